The molecule has 2 saturated heterocycles. The number of amides is 1. The Labute approximate surface area is 229 Å². The number of nitrogens with one attached hydrogen (secondary N) is 1. The molecular formula is C26H29N9O4S. The number of H-pyrrole nitrogens is 1. The van der Waals surface area contributed by atoms with Crippen molar-refractivity contribution in [3.63, 3.8) is 0 Å². The lowest BCUT2D eigenvalue weighted by molar-refractivity contribution is 0.0556. The molecule has 0 spiro atoms. The fourth-order valence-corrected chi connectivity index (χ4v) is 7.89. The fraction of sp³-hybridized carbons (Fsp3) is 0.462. The van der Waals surface area contributed by atoms with E-state index in [1.165, 1.54) is 10.8 Å². The Bertz CT molecular complexity index is 1740. The monoisotopic (exact) mass is 563 g/mol. The van der Waals surface area contributed by atoms with Crippen LogP contribution in [0, 0.1) is 0 Å². The largest absolute Gasteiger partial charge is 0.387 e. The van der Waals surface area contributed by atoms with Gasteiger partial charge < -0.3 is 20.7 Å². The van der Waals surface area contributed by atoms with Crippen molar-refractivity contribution in [3.05, 3.63) is 47.6 Å². The van der Waals surface area contributed by atoms with Crippen LogP contribution in [0.5, 0.6) is 0 Å². The molecule has 6 heterocycles. The number of pyridine rings is 1. The number of rotatable bonds is 4. The molecule has 4 aromatic heterocycles. The maximum atomic E-state index is 13.1. The SMILES string of the molecule is CS(=O)(=O)c1c([C@H]2C[C@H]3CC[C@@H](C2)N3C(=O)c2nnc[nH]2)nc2c(-c3cnc4c(c3)CCCC4O)cnn2c1N. The molecule has 2 aliphatic heterocycles. The van der Waals surface area contributed by atoms with Crippen LogP contribution in [-0.2, 0) is 16.3 Å². The molecule has 2 fully saturated rings. The van der Waals surface area contributed by atoms with Gasteiger partial charge in [-0.1, -0.05) is 0 Å². The van der Waals surface area contributed by atoms with Crippen LogP contribution in [0.1, 0.15) is 78.1 Å². The van der Waals surface area contributed by atoms with Crippen LogP contribution >= 0.6 is 0 Å². The molecule has 4 aromatic rings. The van der Waals surface area contributed by atoms with Crippen LogP contribution in [0.3, 0.4) is 0 Å². The lowest BCUT2D eigenvalue weighted by Gasteiger charge is -2.38. The van der Waals surface area contributed by atoms with Crippen molar-refractivity contribution >= 4 is 27.2 Å². The Morgan fingerprint density at radius 1 is 1.15 bits per heavy atom. The highest BCUT2D eigenvalue weighted by Crippen LogP contribution is 2.45. The number of nitrogens with zero attached hydrogens (tertiary/aromatic N) is 7. The van der Waals surface area contributed by atoms with Crippen molar-refractivity contribution in [2.24, 2.45) is 0 Å². The van der Waals surface area contributed by atoms with Gasteiger partial charge in [-0.15, -0.1) is 10.2 Å². The van der Waals surface area contributed by atoms with Crippen LogP contribution in [0.15, 0.2) is 29.7 Å². The van der Waals surface area contributed by atoms with Crippen molar-refractivity contribution in [1.29, 1.82) is 0 Å². The van der Waals surface area contributed by atoms with Gasteiger partial charge in [0, 0.05) is 41.6 Å². The summed E-state index contributed by atoms with van der Waals surface area (Å²) in [5.74, 6) is -0.195. The number of aliphatic hydroxyl groups excluding tert-OH is 1. The van der Waals surface area contributed by atoms with Crippen LogP contribution < -0.4 is 5.73 Å². The van der Waals surface area contributed by atoms with Crippen LogP contribution in [-0.4, -0.2) is 77.4 Å². The van der Waals surface area contributed by atoms with Crippen LogP contribution in [0.25, 0.3) is 16.8 Å². The van der Waals surface area contributed by atoms with Gasteiger partial charge in [-0.2, -0.15) is 9.61 Å². The van der Waals surface area contributed by atoms with Gasteiger partial charge in [0.15, 0.2) is 15.5 Å². The van der Waals surface area contributed by atoms with E-state index in [0.29, 0.717) is 41.9 Å². The lowest BCUT2D eigenvalue weighted by atomic mass is 9.87. The average Bonchev–Trinajstić information content (AvgIpc) is 3.66. The predicted molar refractivity (Wildman–Crippen MR) is 143 cm³/mol. The number of sulfone groups is 1. The first-order valence-corrected chi connectivity index (χ1v) is 15.3. The molecule has 4 atom stereocenters. The first-order valence-electron chi connectivity index (χ1n) is 13.4. The fourth-order valence-electron chi connectivity index (χ4n) is 6.83. The maximum absolute atomic E-state index is 13.1. The van der Waals surface area contributed by atoms with E-state index < -0.39 is 15.9 Å². The first-order chi connectivity index (χ1) is 19.2. The molecule has 0 aromatic carbocycles. The van der Waals surface area contributed by atoms with Crippen LogP contribution in [0.2, 0.25) is 0 Å². The summed E-state index contributed by atoms with van der Waals surface area (Å²) in [5.41, 5.74) is 10.5. The number of piperidine rings is 1. The van der Waals surface area contributed by atoms with E-state index in [4.69, 9.17) is 10.7 Å². The molecule has 2 bridgehead atoms. The zero-order valence-corrected chi connectivity index (χ0v) is 22.7. The topological polar surface area (TPSA) is 185 Å². The molecule has 1 aliphatic carbocycles. The summed E-state index contributed by atoms with van der Waals surface area (Å²) < 4.78 is 27.5. The number of hydrogen-bond donors (Lipinski definition) is 3. The highest BCUT2D eigenvalue weighted by molar-refractivity contribution is 7.91. The number of hydrogen-bond acceptors (Lipinski definition) is 10. The first kappa shape index (κ1) is 25.1. The molecule has 14 heteroatoms. The minimum atomic E-state index is -3.75. The summed E-state index contributed by atoms with van der Waals surface area (Å²) in [7, 11) is -3.75. The number of nitrogen functional groups attached to an aromatic ring is 1. The Hall–Kier alpha value is -3.91. The number of aliphatic hydroxyl groups is 1. The summed E-state index contributed by atoms with van der Waals surface area (Å²) in [6.07, 6.45) is 10.4. The molecule has 1 amide bonds. The molecule has 40 heavy (non-hydrogen) atoms. The van der Waals surface area contributed by atoms with Gasteiger partial charge in [0.05, 0.1) is 23.7 Å². The third-order valence-corrected chi connectivity index (χ3v) is 9.72. The maximum Gasteiger partial charge on any atom is 0.292 e. The van der Waals surface area contributed by atoms with E-state index in [2.05, 4.69) is 25.3 Å². The number of aromatic amines is 1. The second kappa shape index (κ2) is 9.06. The highest BCUT2D eigenvalue weighted by Gasteiger charge is 2.46. The average molecular weight is 564 g/mol. The standard InChI is InChI=1S/C26H29N9O4S/c1-40(38,39)22-21(14-8-16-5-6-17(9-14)34(16)26(37)24-29-12-30-33-24)32-25-18(11-31-35(25)23(22)27)15-7-13-3-2-4-19(36)20(13)28-10-15/h7,10-12,14,16-17,19,36H,2-6,8-9,27H2,1H3,(H,29,30,33)/t14-,16+,17-,19?. The zero-order chi connectivity index (χ0) is 27.8. The summed E-state index contributed by atoms with van der Waals surface area (Å²) in [5, 5.41) is 22.4. The van der Waals surface area contributed by atoms with Gasteiger partial charge >= 0.3 is 0 Å². The predicted octanol–water partition coefficient (Wildman–Crippen LogP) is 1.82. The number of fused-ring (bicyclic) bond motifs is 4. The van der Waals surface area contributed by atoms with Crippen molar-refractivity contribution in [3.8, 4) is 11.1 Å². The molecule has 1 unspecified atom stereocenters. The van der Waals surface area contributed by atoms with Gasteiger partial charge in [0.25, 0.3) is 5.91 Å². The van der Waals surface area contributed by atoms with E-state index >= 15 is 0 Å². The third-order valence-electron chi connectivity index (χ3n) is 8.56. The number of aromatic nitrogens is 7. The van der Waals surface area contributed by atoms with Crippen molar-refractivity contribution < 1.29 is 18.3 Å². The van der Waals surface area contributed by atoms with E-state index in [-0.39, 0.29) is 40.4 Å². The van der Waals surface area contributed by atoms with Gasteiger partial charge in [0.2, 0.25) is 5.82 Å². The summed E-state index contributed by atoms with van der Waals surface area (Å²) in [6.45, 7) is 0. The number of nitrogens with two attached hydrogens (primary N) is 1. The molecular weight excluding hydrogens is 534 g/mol. The molecule has 7 rings (SSSR count). The molecule has 0 saturated carbocycles. The van der Waals surface area contributed by atoms with E-state index in [1.54, 1.807) is 12.4 Å². The molecule has 0 radical (unpaired) electrons. The summed E-state index contributed by atoms with van der Waals surface area (Å²) in [4.78, 5) is 27.2. The third kappa shape index (κ3) is 3.88. The molecule has 208 valence electrons. The van der Waals surface area contributed by atoms with E-state index in [0.717, 1.165) is 43.1 Å². The van der Waals surface area contributed by atoms with Gasteiger partial charge in [-0.05, 0) is 56.6 Å². The van der Waals surface area contributed by atoms with Crippen LogP contribution in [0.4, 0.5) is 5.82 Å². The Morgan fingerprint density at radius 3 is 2.62 bits per heavy atom. The number of carbonyl (C=O) groups is 1. The van der Waals surface area contributed by atoms with Crippen molar-refractivity contribution in [1.82, 2.24) is 39.7 Å². The number of aryl methyl sites for hydroxylation is 1. The second-order valence-electron chi connectivity index (χ2n) is 11.1. The lowest BCUT2D eigenvalue weighted by Crippen LogP contribution is -2.46. The van der Waals surface area contributed by atoms with Gasteiger partial charge in [-0.3, -0.25) is 9.78 Å². The van der Waals surface area contributed by atoms with Crippen molar-refractivity contribution in [2.45, 2.75) is 73.9 Å². The smallest absolute Gasteiger partial charge is 0.292 e. The Balaban J connectivity index is 1.31. The number of anilines is 1. The van der Waals surface area contributed by atoms with Gasteiger partial charge in [0.1, 0.15) is 17.0 Å². The quantitative estimate of drug-likeness (QED) is 0.331. The second-order valence-corrected chi connectivity index (χ2v) is 13.0. The Morgan fingerprint density at radius 2 is 1.93 bits per heavy atom. The van der Waals surface area contributed by atoms with Crippen molar-refractivity contribution in [2.75, 3.05) is 12.0 Å². The summed E-state index contributed by atoms with van der Waals surface area (Å²) in [6, 6.07) is 1.85. The van der Waals surface area contributed by atoms with E-state index in [1.807, 2.05) is 11.0 Å². The molecule has 3 aliphatic rings. The zero-order valence-electron chi connectivity index (χ0n) is 21.9. The Kier molecular flexibility index (Phi) is 5.68. The highest BCUT2D eigenvalue weighted by atomic mass is 32.2. The number of carbonyl (C=O) groups excluding carboxylic acids is 1. The minimum absolute atomic E-state index is 0.0132. The van der Waals surface area contributed by atoms with Gasteiger partial charge in [-0.25, -0.2) is 13.4 Å². The molecule has 4 N–H and O–H groups in total. The minimum Gasteiger partial charge on any atom is -0.387 e. The van der Waals surface area contributed by atoms with E-state index in [9.17, 15) is 18.3 Å². The normalized spacial score (nSPS) is 24.4. The molecule has 13 nitrogen and oxygen atoms in total. The summed E-state index contributed by atoms with van der Waals surface area (Å²) >= 11 is 0.